The van der Waals surface area contributed by atoms with Crippen molar-refractivity contribution < 1.29 is 13.2 Å². The lowest BCUT2D eigenvalue weighted by Gasteiger charge is -2.23. The number of nitrogens with one attached hydrogen (secondary N) is 2. The number of pyridine rings is 1. The van der Waals surface area contributed by atoms with Crippen LogP contribution < -0.4 is 5.32 Å². The molecule has 0 bridgehead atoms. The molecule has 2 N–H and O–H groups in total. The molecule has 106 valence electrons. The van der Waals surface area contributed by atoms with Gasteiger partial charge in [0.05, 0.1) is 11.8 Å². The molecule has 2 aromatic heterocycles. The van der Waals surface area contributed by atoms with Crippen molar-refractivity contribution in [2.45, 2.75) is 31.5 Å². The standard InChI is InChI=1S/C13H13F3N4/c14-13(15,16)9-1-4-12(17-7-9)19-10-2-3-11-8(5-10)6-18-20-11/h1,4,6-7,10H,2-3,5H2,(H,17,19)(H,18,20)/t10-/m1/s1. The van der Waals surface area contributed by atoms with Crippen LogP contribution in [0.25, 0.3) is 0 Å². The third-order valence-electron chi connectivity index (χ3n) is 3.46. The molecule has 1 atom stereocenters. The number of hydrogen-bond donors (Lipinski definition) is 2. The predicted octanol–water partition coefficient (Wildman–Crippen LogP) is 2.79. The Kier molecular flexibility index (Phi) is 3.11. The number of nitrogens with zero attached hydrogens (tertiary/aromatic N) is 2. The SMILES string of the molecule is FC(F)(F)c1ccc(N[C@@H]2CCc3[nH]ncc3C2)nc1. The van der Waals surface area contributed by atoms with Crippen molar-refractivity contribution in [1.82, 2.24) is 15.2 Å². The number of H-pyrrole nitrogens is 1. The van der Waals surface area contributed by atoms with Crippen LogP contribution in [0, 0.1) is 0 Å². The van der Waals surface area contributed by atoms with E-state index in [1.807, 2.05) is 0 Å². The second-order valence-electron chi connectivity index (χ2n) is 4.89. The minimum atomic E-state index is -4.35. The van der Waals surface area contributed by atoms with Gasteiger partial charge < -0.3 is 5.32 Å². The highest BCUT2D eigenvalue weighted by molar-refractivity contribution is 5.38. The fraction of sp³-hybridized carbons (Fsp3) is 0.385. The van der Waals surface area contributed by atoms with Gasteiger partial charge in [-0.3, -0.25) is 5.10 Å². The average Bonchev–Trinajstić information content (AvgIpc) is 2.86. The van der Waals surface area contributed by atoms with Crippen LogP contribution in [0.3, 0.4) is 0 Å². The van der Waals surface area contributed by atoms with Crippen LogP contribution in [0.15, 0.2) is 24.5 Å². The number of hydrogen-bond acceptors (Lipinski definition) is 3. The van der Waals surface area contributed by atoms with Crippen LogP contribution >= 0.6 is 0 Å². The third kappa shape index (κ3) is 2.61. The molecule has 2 heterocycles. The minimum Gasteiger partial charge on any atom is -0.367 e. The number of aromatic amines is 1. The molecule has 0 aliphatic heterocycles. The monoisotopic (exact) mass is 282 g/mol. The van der Waals surface area contributed by atoms with E-state index in [2.05, 4.69) is 20.5 Å². The Bertz CT molecular complexity index is 588. The Balaban J connectivity index is 1.67. The average molecular weight is 282 g/mol. The lowest BCUT2D eigenvalue weighted by atomic mass is 9.93. The maximum Gasteiger partial charge on any atom is 0.417 e. The van der Waals surface area contributed by atoms with Gasteiger partial charge in [0.25, 0.3) is 0 Å². The first-order chi connectivity index (χ1) is 9.52. The van der Waals surface area contributed by atoms with Crippen molar-refractivity contribution in [1.29, 1.82) is 0 Å². The van der Waals surface area contributed by atoms with Crippen LogP contribution in [0.4, 0.5) is 19.0 Å². The van der Waals surface area contributed by atoms with Crippen molar-refractivity contribution in [2.24, 2.45) is 0 Å². The first-order valence-corrected chi connectivity index (χ1v) is 6.33. The molecule has 2 aromatic rings. The van der Waals surface area contributed by atoms with Gasteiger partial charge in [0, 0.05) is 17.9 Å². The normalized spacial score (nSPS) is 18.6. The highest BCUT2D eigenvalue weighted by Gasteiger charge is 2.30. The summed E-state index contributed by atoms with van der Waals surface area (Å²) < 4.78 is 37.3. The van der Waals surface area contributed by atoms with Crippen molar-refractivity contribution in [3.63, 3.8) is 0 Å². The van der Waals surface area contributed by atoms with E-state index in [4.69, 9.17) is 0 Å². The van der Waals surface area contributed by atoms with Gasteiger partial charge in [0.2, 0.25) is 0 Å². The number of anilines is 1. The lowest BCUT2D eigenvalue weighted by molar-refractivity contribution is -0.137. The predicted molar refractivity (Wildman–Crippen MR) is 67.3 cm³/mol. The molecule has 4 nitrogen and oxygen atoms in total. The van der Waals surface area contributed by atoms with Gasteiger partial charge in [-0.05, 0) is 37.0 Å². The molecule has 1 aliphatic rings. The highest BCUT2D eigenvalue weighted by atomic mass is 19.4. The van der Waals surface area contributed by atoms with Gasteiger partial charge in [-0.2, -0.15) is 18.3 Å². The summed E-state index contributed by atoms with van der Waals surface area (Å²) in [5.74, 6) is 0.468. The number of aryl methyl sites for hydroxylation is 1. The maximum atomic E-state index is 12.4. The number of fused-ring (bicyclic) bond motifs is 1. The van der Waals surface area contributed by atoms with Crippen molar-refractivity contribution >= 4 is 5.82 Å². The molecule has 0 saturated heterocycles. The van der Waals surface area contributed by atoms with Crippen molar-refractivity contribution in [3.8, 4) is 0 Å². The largest absolute Gasteiger partial charge is 0.417 e. The zero-order valence-electron chi connectivity index (χ0n) is 10.5. The summed E-state index contributed by atoms with van der Waals surface area (Å²) in [6.07, 6.45) is 0.889. The quantitative estimate of drug-likeness (QED) is 0.890. The van der Waals surface area contributed by atoms with E-state index in [9.17, 15) is 13.2 Å². The van der Waals surface area contributed by atoms with Gasteiger partial charge >= 0.3 is 6.18 Å². The van der Waals surface area contributed by atoms with Crippen LogP contribution in [0.1, 0.15) is 23.2 Å². The zero-order valence-corrected chi connectivity index (χ0v) is 10.5. The van der Waals surface area contributed by atoms with E-state index in [1.165, 1.54) is 6.07 Å². The third-order valence-corrected chi connectivity index (χ3v) is 3.46. The van der Waals surface area contributed by atoms with Crippen LogP contribution in [-0.2, 0) is 19.0 Å². The molecular weight excluding hydrogens is 269 g/mol. The summed E-state index contributed by atoms with van der Waals surface area (Å²) in [4.78, 5) is 3.83. The smallest absolute Gasteiger partial charge is 0.367 e. The van der Waals surface area contributed by atoms with Crippen LogP contribution in [0.2, 0.25) is 0 Å². The Morgan fingerprint density at radius 1 is 1.25 bits per heavy atom. The van der Waals surface area contributed by atoms with E-state index in [0.717, 1.165) is 42.8 Å². The fourth-order valence-electron chi connectivity index (χ4n) is 2.40. The molecule has 0 radical (unpaired) electrons. The van der Waals surface area contributed by atoms with Gasteiger partial charge in [-0.25, -0.2) is 4.98 Å². The second kappa shape index (κ2) is 4.81. The number of aromatic nitrogens is 3. The molecule has 7 heteroatoms. The molecule has 0 amide bonds. The fourth-order valence-corrected chi connectivity index (χ4v) is 2.40. The van der Waals surface area contributed by atoms with E-state index in [-0.39, 0.29) is 6.04 Å². The Morgan fingerprint density at radius 2 is 2.10 bits per heavy atom. The van der Waals surface area contributed by atoms with Gasteiger partial charge in [-0.15, -0.1) is 0 Å². The number of alkyl halides is 3. The van der Waals surface area contributed by atoms with Crippen molar-refractivity contribution in [3.05, 3.63) is 41.3 Å². The summed E-state index contributed by atoms with van der Waals surface area (Å²) in [7, 11) is 0. The molecule has 20 heavy (non-hydrogen) atoms. The van der Waals surface area contributed by atoms with Gasteiger partial charge in [-0.1, -0.05) is 0 Å². The Labute approximate surface area is 113 Å². The van der Waals surface area contributed by atoms with Crippen LogP contribution in [-0.4, -0.2) is 21.2 Å². The Morgan fingerprint density at radius 3 is 2.80 bits per heavy atom. The molecule has 0 fully saturated rings. The first kappa shape index (κ1) is 13.0. The molecule has 0 spiro atoms. The molecule has 0 saturated carbocycles. The zero-order chi connectivity index (χ0) is 14.2. The van der Waals surface area contributed by atoms with E-state index >= 15 is 0 Å². The summed E-state index contributed by atoms with van der Waals surface area (Å²) in [5, 5.41) is 10.1. The second-order valence-corrected chi connectivity index (χ2v) is 4.89. The van der Waals surface area contributed by atoms with E-state index in [1.54, 1.807) is 6.20 Å². The summed E-state index contributed by atoms with van der Waals surface area (Å²) in [5.41, 5.74) is 1.56. The molecule has 1 aliphatic carbocycles. The lowest BCUT2D eigenvalue weighted by Crippen LogP contribution is -2.27. The molecule has 0 aromatic carbocycles. The highest BCUT2D eigenvalue weighted by Crippen LogP contribution is 2.29. The van der Waals surface area contributed by atoms with E-state index < -0.39 is 11.7 Å². The maximum absolute atomic E-state index is 12.4. The van der Waals surface area contributed by atoms with Gasteiger partial charge in [0.1, 0.15) is 5.82 Å². The minimum absolute atomic E-state index is 0.171. The number of rotatable bonds is 2. The Hall–Kier alpha value is -2.05. The topological polar surface area (TPSA) is 53.6 Å². The number of halogens is 3. The molecule has 0 unspecified atom stereocenters. The van der Waals surface area contributed by atoms with Gasteiger partial charge in [0.15, 0.2) is 0 Å². The van der Waals surface area contributed by atoms with Crippen LogP contribution in [0.5, 0.6) is 0 Å². The molecular formula is C13H13F3N4. The summed E-state index contributed by atoms with van der Waals surface area (Å²) in [6.45, 7) is 0. The molecule has 3 rings (SSSR count). The summed E-state index contributed by atoms with van der Waals surface area (Å²) >= 11 is 0. The summed E-state index contributed by atoms with van der Waals surface area (Å²) in [6, 6.07) is 2.58. The van der Waals surface area contributed by atoms with Crippen molar-refractivity contribution in [2.75, 3.05) is 5.32 Å². The van der Waals surface area contributed by atoms with E-state index in [0.29, 0.717) is 5.82 Å². The first-order valence-electron chi connectivity index (χ1n) is 6.33.